The molecule has 1 atom stereocenters. The molecule has 39 heavy (non-hydrogen) atoms. The molecule has 0 bridgehead atoms. The zero-order chi connectivity index (χ0) is 27.5. The van der Waals surface area contributed by atoms with Crippen LogP contribution >= 0.6 is 0 Å². The molecule has 3 aromatic carbocycles. The van der Waals surface area contributed by atoms with Gasteiger partial charge in [-0.25, -0.2) is 4.79 Å². The van der Waals surface area contributed by atoms with Crippen molar-refractivity contribution in [3.63, 3.8) is 0 Å². The van der Waals surface area contributed by atoms with E-state index < -0.39 is 30.3 Å². The standard InChI is InChI=1S/C28H28N6O5/c35-25(24(16-26(36)37)29-28(38)39-20-23-14-8-3-9-15-23)19-34-31-27(30-32-34)33(17-21-10-4-1-5-11-21)18-22-12-6-2-7-13-22/h1-15,24H,16-20H2,(H,29,38)(H,36,37). The number of carbonyl (C=O) groups is 3. The number of nitrogens with one attached hydrogen (secondary N) is 1. The van der Waals surface area contributed by atoms with Gasteiger partial charge in [0, 0.05) is 13.1 Å². The van der Waals surface area contributed by atoms with E-state index in [1.54, 1.807) is 24.3 Å². The third kappa shape index (κ3) is 8.49. The molecule has 0 saturated carbocycles. The van der Waals surface area contributed by atoms with Gasteiger partial charge in [0.25, 0.3) is 5.95 Å². The topological polar surface area (TPSA) is 140 Å². The molecular weight excluding hydrogens is 500 g/mol. The molecule has 11 nitrogen and oxygen atoms in total. The zero-order valence-electron chi connectivity index (χ0n) is 21.1. The lowest BCUT2D eigenvalue weighted by Crippen LogP contribution is -2.44. The lowest BCUT2D eigenvalue weighted by atomic mass is 10.1. The van der Waals surface area contributed by atoms with Crippen LogP contribution in [0.3, 0.4) is 0 Å². The van der Waals surface area contributed by atoms with E-state index in [2.05, 4.69) is 20.7 Å². The van der Waals surface area contributed by atoms with E-state index in [4.69, 9.17) is 4.74 Å². The molecule has 0 aliphatic carbocycles. The smallest absolute Gasteiger partial charge is 0.408 e. The number of Topliss-reactive ketones (excluding diaryl/α,β-unsaturated/α-hetero) is 1. The second-order valence-electron chi connectivity index (χ2n) is 8.77. The minimum absolute atomic E-state index is 0.0205. The number of hydrogen-bond donors (Lipinski definition) is 2. The molecule has 0 fully saturated rings. The Morgan fingerprint density at radius 2 is 1.38 bits per heavy atom. The van der Waals surface area contributed by atoms with E-state index in [-0.39, 0.29) is 13.2 Å². The monoisotopic (exact) mass is 528 g/mol. The average molecular weight is 529 g/mol. The van der Waals surface area contributed by atoms with Crippen molar-refractivity contribution >= 4 is 23.8 Å². The summed E-state index contributed by atoms with van der Waals surface area (Å²) in [5.74, 6) is -1.54. The Bertz CT molecular complexity index is 1320. The van der Waals surface area contributed by atoms with Gasteiger partial charge in [0.05, 0.1) is 6.42 Å². The first-order chi connectivity index (χ1) is 19.0. The quantitative estimate of drug-likeness (QED) is 0.268. The van der Waals surface area contributed by atoms with Crippen molar-refractivity contribution in [3.8, 4) is 0 Å². The Morgan fingerprint density at radius 3 is 1.92 bits per heavy atom. The van der Waals surface area contributed by atoms with Crippen molar-refractivity contribution in [1.82, 2.24) is 25.5 Å². The molecule has 2 N–H and O–H groups in total. The predicted molar refractivity (Wildman–Crippen MR) is 141 cm³/mol. The fraction of sp³-hybridized carbons (Fsp3) is 0.214. The van der Waals surface area contributed by atoms with Crippen LogP contribution in [-0.2, 0) is 40.6 Å². The van der Waals surface area contributed by atoms with Gasteiger partial charge in [-0.1, -0.05) is 96.1 Å². The number of aliphatic carboxylic acids is 1. The second-order valence-corrected chi connectivity index (χ2v) is 8.77. The summed E-state index contributed by atoms with van der Waals surface area (Å²) < 4.78 is 5.14. The molecule has 11 heteroatoms. The molecule has 0 radical (unpaired) electrons. The molecule has 1 unspecified atom stereocenters. The van der Waals surface area contributed by atoms with E-state index in [9.17, 15) is 19.5 Å². The van der Waals surface area contributed by atoms with Crippen LogP contribution in [0.1, 0.15) is 23.1 Å². The number of aromatic nitrogens is 4. The van der Waals surface area contributed by atoms with Crippen molar-refractivity contribution < 1.29 is 24.2 Å². The maximum Gasteiger partial charge on any atom is 0.408 e. The van der Waals surface area contributed by atoms with E-state index in [0.29, 0.717) is 19.0 Å². The van der Waals surface area contributed by atoms with Crippen LogP contribution in [0.15, 0.2) is 91.0 Å². The van der Waals surface area contributed by atoms with Crippen molar-refractivity contribution in [2.45, 2.75) is 38.7 Å². The molecule has 0 saturated heterocycles. The zero-order valence-corrected chi connectivity index (χ0v) is 21.1. The molecular formula is C28H28N6O5. The minimum atomic E-state index is -1.33. The maximum atomic E-state index is 12.9. The highest BCUT2D eigenvalue weighted by Gasteiger charge is 2.26. The van der Waals surface area contributed by atoms with Crippen LogP contribution in [0, 0.1) is 0 Å². The first-order valence-corrected chi connectivity index (χ1v) is 12.3. The van der Waals surface area contributed by atoms with E-state index >= 15 is 0 Å². The van der Waals surface area contributed by atoms with Gasteiger partial charge in [0.2, 0.25) is 0 Å². The molecule has 200 valence electrons. The van der Waals surface area contributed by atoms with Gasteiger partial charge < -0.3 is 20.1 Å². The number of ether oxygens (including phenoxy) is 1. The Balaban J connectivity index is 1.42. The largest absolute Gasteiger partial charge is 0.481 e. The summed E-state index contributed by atoms with van der Waals surface area (Å²) in [4.78, 5) is 39.6. The summed E-state index contributed by atoms with van der Waals surface area (Å²) >= 11 is 0. The van der Waals surface area contributed by atoms with Crippen LogP contribution in [0.2, 0.25) is 0 Å². The third-order valence-electron chi connectivity index (χ3n) is 5.73. The second kappa shape index (κ2) is 13.5. The van der Waals surface area contributed by atoms with E-state index in [0.717, 1.165) is 21.5 Å². The first kappa shape index (κ1) is 27.0. The number of tetrazole rings is 1. The van der Waals surface area contributed by atoms with Crippen molar-refractivity contribution in [1.29, 1.82) is 0 Å². The summed E-state index contributed by atoms with van der Waals surface area (Å²) in [6.07, 6.45) is -1.52. The van der Waals surface area contributed by atoms with Gasteiger partial charge >= 0.3 is 12.1 Å². The predicted octanol–water partition coefficient (Wildman–Crippen LogP) is 3.22. The summed E-state index contributed by atoms with van der Waals surface area (Å²) in [6, 6.07) is 27.3. The number of carbonyl (C=O) groups excluding carboxylic acids is 2. The van der Waals surface area contributed by atoms with Gasteiger partial charge in [0.1, 0.15) is 19.2 Å². The van der Waals surface area contributed by atoms with Crippen LogP contribution in [0.5, 0.6) is 0 Å². The third-order valence-corrected chi connectivity index (χ3v) is 5.73. The molecule has 0 aliphatic rings. The lowest BCUT2D eigenvalue weighted by molar-refractivity contribution is -0.139. The number of ketones is 1. The Labute approximate surface area is 225 Å². The number of anilines is 1. The number of nitrogens with zero attached hydrogens (tertiary/aromatic N) is 5. The summed E-state index contributed by atoms with van der Waals surface area (Å²) in [5, 5.41) is 24.1. The average Bonchev–Trinajstić information content (AvgIpc) is 3.41. The number of carboxylic acids is 1. The highest BCUT2D eigenvalue weighted by molar-refractivity contribution is 5.90. The van der Waals surface area contributed by atoms with Gasteiger partial charge in [-0.2, -0.15) is 4.80 Å². The Kier molecular flexibility index (Phi) is 9.32. The highest BCUT2D eigenvalue weighted by Crippen LogP contribution is 2.15. The molecule has 0 aliphatic heterocycles. The summed E-state index contributed by atoms with van der Waals surface area (Å²) in [5.41, 5.74) is 2.84. The first-order valence-electron chi connectivity index (χ1n) is 12.3. The number of amides is 1. The molecule has 1 amide bonds. The Morgan fingerprint density at radius 1 is 0.846 bits per heavy atom. The van der Waals surface area contributed by atoms with E-state index in [1.165, 1.54) is 0 Å². The molecule has 1 heterocycles. The lowest BCUT2D eigenvalue weighted by Gasteiger charge is -2.21. The normalized spacial score (nSPS) is 11.4. The van der Waals surface area contributed by atoms with Crippen LogP contribution in [-0.4, -0.2) is 49.2 Å². The van der Waals surface area contributed by atoms with Crippen molar-refractivity contribution in [3.05, 3.63) is 108 Å². The molecule has 0 spiro atoms. The van der Waals surface area contributed by atoms with Gasteiger partial charge in [0.15, 0.2) is 5.78 Å². The Hall–Kier alpha value is -5.06. The van der Waals surface area contributed by atoms with Crippen LogP contribution in [0.25, 0.3) is 0 Å². The SMILES string of the molecule is O=C(O)CC(NC(=O)OCc1ccccc1)C(=O)Cn1nnc(N(Cc2ccccc2)Cc2ccccc2)n1. The van der Waals surface area contributed by atoms with Crippen LogP contribution < -0.4 is 10.2 Å². The minimum Gasteiger partial charge on any atom is -0.481 e. The van der Waals surface area contributed by atoms with Gasteiger partial charge in [-0.05, 0) is 21.9 Å². The molecule has 1 aromatic heterocycles. The number of benzene rings is 3. The number of carboxylic acid groups (broad SMARTS) is 1. The van der Waals surface area contributed by atoms with Crippen molar-refractivity contribution in [2.24, 2.45) is 0 Å². The number of hydrogen-bond acceptors (Lipinski definition) is 8. The summed E-state index contributed by atoms with van der Waals surface area (Å²) in [7, 11) is 0. The summed E-state index contributed by atoms with van der Waals surface area (Å²) in [6.45, 7) is 0.610. The number of alkyl carbamates (subject to hydrolysis) is 1. The van der Waals surface area contributed by atoms with Crippen LogP contribution in [0.4, 0.5) is 10.7 Å². The fourth-order valence-electron chi connectivity index (χ4n) is 3.81. The molecule has 4 aromatic rings. The maximum absolute atomic E-state index is 12.9. The number of rotatable bonds is 13. The van der Waals surface area contributed by atoms with Gasteiger partial charge in [-0.3, -0.25) is 9.59 Å². The van der Waals surface area contributed by atoms with E-state index in [1.807, 2.05) is 71.6 Å². The highest BCUT2D eigenvalue weighted by atomic mass is 16.5. The van der Waals surface area contributed by atoms with Gasteiger partial charge in [-0.15, -0.1) is 5.10 Å². The molecule has 4 rings (SSSR count). The fourth-order valence-corrected chi connectivity index (χ4v) is 3.81. The van der Waals surface area contributed by atoms with Crippen molar-refractivity contribution in [2.75, 3.05) is 4.90 Å².